The van der Waals surface area contributed by atoms with E-state index in [9.17, 15) is 0 Å². The lowest BCUT2D eigenvalue weighted by Crippen LogP contribution is -2.19. The fourth-order valence-electron chi connectivity index (χ4n) is 2.44. The van der Waals surface area contributed by atoms with Gasteiger partial charge in [-0.3, -0.25) is 0 Å². The Morgan fingerprint density at radius 2 is 1.81 bits per heavy atom. The first-order valence-corrected chi connectivity index (χ1v) is 6.99. The maximum atomic E-state index is 6.22. The van der Waals surface area contributed by atoms with Gasteiger partial charge in [0.2, 0.25) is 6.79 Å². The fourth-order valence-corrected chi connectivity index (χ4v) is 2.44. The summed E-state index contributed by atoms with van der Waals surface area (Å²) >= 11 is 0. The topological polar surface area (TPSA) is 53.7 Å². The molecular weight excluding hydrogens is 266 g/mol. The summed E-state index contributed by atoms with van der Waals surface area (Å²) in [4.78, 5) is 0. The van der Waals surface area contributed by atoms with Crippen molar-refractivity contribution in [3.05, 3.63) is 53.1 Å². The van der Waals surface area contributed by atoms with Crippen LogP contribution in [0.1, 0.15) is 22.7 Å². The number of benzene rings is 2. The van der Waals surface area contributed by atoms with Gasteiger partial charge in [-0.25, -0.2) is 0 Å². The molecule has 4 heteroatoms. The van der Waals surface area contributed by atoms with Crippen LogP contribution < -0.4 is 19.9 Å². The van der Waals surface area contributed by atoms with Gasteiger partial charge in [-0.2, -0.15) is 0 Å². The largest absolute Gasteiger partial charge is 0.491 e. The van der Waals surface area contributed by atoms with Crippen LogP contribution in [0.4, 0.5) is 0 Å². The summed E-state index contributed by atoms with van der Waals surface area (Å²) in [7, 11) is 0. The summed E-state index contributed by atoms with van der Waals surface area (Å²) in [5, 5.41) is 0. The third kappa shape index (κ3) is 2.81. The maximum Gasteiger partial charge on any atom is 0.231 e. The summed E-state index contributed by atoms with van der Waals surface area (Å²) in [5.74, 6) is 2.42. The predicted molar refractivity (Wildman–Crippen MR) is 80.9 cm³/mol. The number of hydrogen-bond donors (Lipinski definition) is 1. The van der Waals surface area contributed by atoms with Crippen molar-refractivity contribution in [3.63, 3.8) is 0 Å². The van der Waals surface area contributed by atoms with Crippen molar-refractivity contribution < 1.29 is 14.2 Å². The molecule has 1 aliphatic rings. The molecule has 2 aromatic rings. The van der Waals surface area contributed by atoms with E-state index in [1.54, 1.807) is 0 Å². The Kier molecular flexibility index (Phi) is 3.71. The molecule has 0 amide bonds. The van der Waals surface area contributed by atoms with Gasteiger partial charge in [0, 0.05) is 0 Å². The molecule has 2 N–H and O–H groups in total. The predicted octanol–water partition coefficient (Wildman–Crippen LogP) is 3.11. The zero-order chi connectivity index (χ0) is 14.8. The number of para-hydroxylation sites is 1. The van der Waals surface area contributed by atoms with Gasteiger partial charge in [0.05, 0.1) is 6.04 Å². The third-order valence-electron chi connectivity index (χ3n) is 3.64. The highest BCUT2D eigenvalue weighted by Gasteiger charge is 2.16. The minimum atomic E-state index is -0.210. The van der Waals surface area contributed by atoms with Gasteiger partial charge in [0.1, 0.15) is 12.4 Å². The van der Waals surface area contributed by atoms with Crippen molar-refractivity contribution in [2.45, 2.75) is 19.9 Å². The van der Waals surface area contributed by atoms with Crippen molar-refractivity contribution in [3.8, 4) is 17.2 Å². The van der Waals surface area contributed by atoms with Crippen LogP contribution >= 0.6 is 0 Å². The summed E-state index contributed by atoms with van der Waals surface area (Å²) in [6.07, 6.45) is 0. The van der Waals surface area contributed by atoms with Crippen LogP contribution in [-0.2, 0) is 0 Å². The quantitative estimate of drug-likeness (QED) is 0.937. The zero-order valence-corrected chi connectivity index (χ0v) is 12.3. The SMILES string of the molecule is Cc1cccc(C)c1OCC(N)c1ccc2c(c1)OCO2. The van der Waals surface area contributed by atoms with Crippen molar-refractivity contribution in [1.82, 2.24) is 0 Å². The summed E-state index contributed by atoms with van der Waals surface area (Å²) in [6, 6.07) is 11.6. The molecule has 0 aromatic heterocycles. The van der Waals surface area contributed by atoms with E-state index in [-0.39, 0.29) is 12.8 Å². The Labute approximate surface area is 124 Å². The Morgan fingerprint density at radius 3 is 2.57 bits per heavy atom. The van der Waals surface area contributed by atoms with Crippen LogP contribution in [0.2, 0.25) is 0 Å². The van der Waals surface area contributed by atoms with E-state index in [1.165, 1.54) is 0 Å². The maximum absolute atomic E-state index is 6.22. The molecule has 110 valence electrons. The standard InChI is InChI=1S/C17H19NO3/c1-11-4-3-5-12(2)17(11)19-9-14(18)13-6-7-15-16(8-13)21-10-20-15/h3-8,14H,9-10,18H2,1-2H3. The minimum Gasteiger partial charge on any atom is -0.491 e. The fraction of sp³-hybridized carbons (Fsp3) is 0.294. The average Bonchev–Trinajstić information content (AvgIpc) is 2.93. The van der Waals surface area contributed by atoms with E-state index >= 15 is 0 Å². The third-order valence-corrected chi connectivity index (χ3v) is 3.64. The van der Waals surface area contributed by atoms with E-state index in [0.29, 0.717) is 6.61 Å². The molecule has 0 fully saturated rings. The molecule has 0 bridgehead atoms. The molecule has 0 saturated heterocycles. The lowest BCUT2D eigenvalue weighted by atomic mass is 10.1. The van der Waals surface area contributed by atoms with Gasteiger partial charge in [-0.15, -0.1) is 0 Å². The van der Waals surface area contributed by atoms with E-state index in [4.69, 9.17) is 19.9 Å². The molecule has 21 heavy (non-hydrogen) atoms. The van der Waals surface area contributed by atoms with Crippen LogP contribution in [0.15, 0.2) is 36.4 Å². The second-order valence-corrected chi connectivity index (χ2v) is 5.25. The molecule has 0 aliphatic carbocycles. The molecule has 4 nitrogen and oxygen atoms in total. The Balaban J connectivity index is 1.70. The second-order valence-electron chi connectivity index (χ2n) is 5.25. The number of rotatable bonds is 4. The lowest BCUT2D eigenvalue weighted by molar-refractivity contribution is 0.174. The lowest BCUT2D eigenvalue weighted by Gasteiger charge is -2.16. The highest BCUT2D eigenvalue weighted by molar-refractivity contribution is 5.45. The van der Waals surface area contributed by atoms with Gasteiger partial charge in [-0.05, 0) is 42.7 Å². The first-order chi connectivity index (χ1) is 10.1. The zero-order valence-electron chi connectivity index (χ0n) is 12.3. The van der Waals surface area contributed by atoms with Crippen molar-refractivity contribution in [2.24, 2.45) is 5.73 Å². The summed E-state index contributed by atoms with van der Waals surface area (Å²) < 4.78 is 16.6. The number of aryl methyl sites for hydroxylation is 2. The van der Waals surface area contributed by atoms with Crippen molar-refractivity contribution >= 4 is 0 Å². The van der Waals surface area contributed by atoms with Gasteiger partial charge in [0.25, 0.3) is 0 Å². The van der Waals surface area contributed by atoms with E-state index < -0.39 is 0 Å². The smallest absolute Gasteiger partial charge is 0.231 e. The van der Waals surface area contributed by atoms with Crippen molar-refractivity contribution in [1.29, 1.82) is 0 Å². The average molecular weight is 285 g/mol. The molecular formula is C17H19NO3. The first-order valence-electron chi connectivity index (χ1n) is 6.99. The van der Waals surface area contributed by atoms with Crippen molar-refractivity contribution in [2.75, 3.05) is 13.4 Å². The van der Waals surface area contributed by atoms with Crippen LogP contribution in [0.25, 0.3) is 0 Å². The number of nitrogens with two attached hydrogens (primary N) is 1. The Bertz CT molecular complexity index is 634. The van der Waals surface area contributed by atoms with Gasteiger partial charge in [-0.1, -0.05) is 24.3 Å². The molecule has 1 atom stereocenters. The Morgan fingerprint density at radius 1 is 1.10 bits per heavy atom. The Hall–Kier alpha value is -2.20. The van der Waals surface area contributed by atoms with E-state index in [1.807, 2.05) is 50.2 Å². The molecule has 0 saturated carbocycles. The van der Waals surface area contributed by atoms with Gasteiger partial charge < -0.3 is 19.9 Å². The highest BCUT2D eigenvalue weighted by Crippen LogP contribution is 2.34. The van der Waals surface area contributed by atoms with Crippen LogP contribution in [0.5, 0.6) is 17.2 Å². The summed E-state index contributed by atoms with van der Waals surface area (Å²) in [5.41, 5.74) is 9.43. The summed E-state index contributed by atoms with van der Waals surface area (Å²) in [6.45, 7) is 4.77. The van der Waals surface area contributed by atoms with Crippen LogP contribution in [0, 0.1) is 13.8 Å². The molecule has 1 aliphatic heterocycles. The molecule has 3 rings (SSSR count). The van der Waals surface area contributed by atoms with Gasteiger partial charge in [0.15, 0.2) is 11.5 Å². The number of ether oxygens (including phenoxy) is 3. The normalized spacial score (nSPS) is 14.0. The highest BCUT2D eigenvalue weighted by atomic mass is 16.7. The first kappa shape index (κ1) is 13.8. The molecule has 1 heterocycles. The van der Waals surface area contributed by atoms with Gasteiger partial charge >= 0.3 is 0 Å². The van der Waals surface area contributed by atoms with Crippen LogP contribution in [0.3, 0.4) is 0 Å². The minimum absolute atomic E-state index is 0.210. The van der Waals surface area contributed by atoms with Crippen LogP contribution in [-0.4, -0.2) is 13.4 Å². The number of fused-ring (bicyclic) bond motifs is 1. The monoisotopic (exact) mass is 285 g/mol. The molecule has 0 radical (unpaired) electrons. The molecule has 2 aromatic carbocycles. The molecule has 0 spiro atoms. The second kappa shape index (κ2) is 5.66. The van der Waals surface area contributed by atoms with E-state index in [2.05, 4.69) is 0 Å². The number of hydrogen-bond acceptors (Lipinski definition) is 4. The van der Waals surface area contributed by atoms with E-state index in [0.717, 1.165) is 33.9 Å². The molecule has 1 unspecified atom stereocenters.